The number of likely N-dealkylation sites (tertiary alicyclic amines) is 1. The number of fused-ring (bicyclic) bond motifs is 1. The average molecular weight is 371 g/mol. The van der Waals surface area contributed by atoms with Crippen LogP contribution in [0.25, 0.3) is 5.65 Å². The number of aromatic nitrogens is 3. The van der Waals surface area contributed by atoms with Crippen LogP contribution in [0.15, 0.2) is 24.4 Å². The van der Waals surface area contributed by atoms with Gasteiger partial charge in [0.25, 0.3) is 0 Å². The minimum absolute atomic E-state index is 0.0393. The van der Waals surface area contributed by atoms with Crippen LogP contribution in [0, 0.1) is 5.41 Å². The Morgan fingerprint density at radius 2 is 2.19 bits per heavy atom. The predicted molar refractivity (Wildman–Crippen MR) is 102 cm³/mol. The lowest BCUT2D eigenvalue weighted by atomic mass is 9.54. The van der Waals surface area contributed by atoms with Crippen molar-refractivity contribution in [3.63, 3.8) is 0 Å². The first kappa shape index (κ1) is 18.4. The number of carbonyl (C=O) groups excluding carboxylic acids is 1. The monoisotopic (exact) mass is 371 g/mol. The minimum atomic E-state index is -0.859. The number of nitrogens with two attached hydrogens (primary N) is 1. The summed E-state index contributed by atoms with van der Waals surface area (Å²) in [7, 11) is 0. The molecule has 0 spiro atoms. The van der Waals surface area contributed by atoms with Gasteiger partial charge in [-0.1, -0.05) is 19.9 Å². The lowest BCUT2D eigenvalue weighted by Gasteiger charge is -2.59. The van der Waals surface area contributed by atoms with Gasteiger partial charge in [-0.25, -0.2) is 0 Å². The molecule has 2 aromatic rings. The molecule has 0 bridgehead atoms. The summed E-state index contributed by atoms with van der Waals surface area (Å²) in [6.45, 7) is 8.10. The van der Waals surface area contributed by atoms with Gasteiger partial charge in [-0.3, -0.25) is 9.20 Å². The number of amides is 1. The Hall–Kier alpha value is -1.99. The Bertz CT molecular complexity index is 848. The van der Waals surface area contributed by atoms with Crippen molar-refractivity contribution in [1.82, 2.24) is 19.5 Å². The van der Waals surface area contributed by atoms with Gasteiger partial charge in [-0.2, -0.15) is 0 Å². The zero-order valence-electron chi connectivity index (χ0n) is 16.4. The highest BCUT2D eigenvalue weighted by Crippen LogP contribution is 2.51. The summed E-state index contributed by atoms with van der Waals surface area (Å²) in [5.41, 5.74) is 6.24. The number of ether oxygens (including phenoxy) is 1. The summed E-state index contributed by atoms with van der Waals surface area (Å²) in [5.74, 6) is 1.14. The van der Waals surface area contributed by atoms with E-state index in [0.29, 0.717) is 19.6 Å². The highest BCUT2D eigenvalue weighted by atomic mass is 16.5. The third kappa shape index (κ3) is 2.75. The van der Waals surface area contributed by atoms with Crippen molar-refractivity contribution in [3.8, 4) is 0 Å². The van der Waals surface area contributed by atoms with Crippen molar-refractivity contribution in [3.05, 3.63) is 30.2 Å². The van der Waals surface area contributed by atoms with Gasteiger partial charge in [0.15, 0.2) is 5.65 Å². The summed E-state index contributed by atoms with van der Waals surface area (Å²) in [5, 5.41) is 8.66. The van der Waals surface area contributed by atoms with E-state index in [1.807, 2.05) is 54.5 Å². The van der Waals surface area contributed by atoms with Crippen molar-refractivity contribution in [2.24, 2.45) is 11.1 Å². The van der Waals surface area contributed by atoms with Crippen LogP contribution in [0.4, 0.5) is 0 Å². The molecule has 1 saturated carbocycles. The normalized spacial score (nSPS) is 30.3. The van der Waals surface area contributed by atoms with Crippen molar-refractivity contribution in [2.75, 3.05) is 19.7 Å². The summed E-state index contributed by atoms with van der Waals surface area (Å²) in [4.78, 5) is 15.3. The van der Waals surface area contributed by atoms with E-state index in [9.17, 15) is 4.79 Å². The first-order chi connectivity index (χ1) is 12.9. The summed E-state index contributed by atoms with van der Waals surface area (Å²) in [6.07, 6.45) is 4.56. The fraction of sp³-hybridized carbons (Fsp3) is 0.650. The van der Waals surface area contributed by atoms with Crippen LogP contribution in [-0.2, 0) is 9.53 Å². The third-order valence-corrected chi connectivity index (χ3v) is 6.63. The number of hydrogen-bond acceptors (Lipinski definition) is 5. The second-order valence-corrected chi connectivity index (χ2v) is 8.42. The lowest BCUT2D eigenvalue weighted by Crippen LogP contribution is -2.76. The molecule has 1 aliphatic heterocycles. The lowest BCUT2D eigenvalue weighted by molar-refractivity contribution is -0.180. The van der Waals surface area contributed by atoms with Crippen LogP contribution in [0.5, 0.6) is 0 Å². The zero-order valence-corrected chi connectivity index (χ0v) is 16.4. The largest absolute Gasteiger partial charge is 0.378 e. The Labute approximate surface area is 159 Å². The minimum Gasteiger partial charge on any atom is -0.378 e. The van der Waals surface area contributed by atoms with Gasteiger partial charge in [0, 0.05) is 43.6 Å². The van der Waals surface area contributed by atoms with E-state index in [2.05, 4.69) is 10.2 Å². The van der Waals surface area contributed by atoms with E-state index >= 15 is 0 Å². The molecule has 2 fully saturated rings. The molecule has 3 unspecified atom stereocenters. The second kappa shape index (κ2) is 6.56. The van der Waals surface area contributed by atoms with Gasteiger partial charge in [0.05, 0.1) is 6.10 Å². The quantitative estimate of drug-likeness (QED) is 0.888. The van der Waals surface area contributed by atoms with Crippen LogP contribution in [0.1, 0.15) is 51.8 Å². The summed E-state index contributed by atoms with van der Waals surface area (Å²) >= 11 is 0. The molecular weight excluding hydrogens is 342 g/mol. The van der Waals surface area contributed by atoms with Gasteiger partial charge in [0.1, 0.15) is 11.4 Å². The maximum absolute atomic E-state index is 13.3. The van der Waals surface area contributed by atoms with Crippen LogP contribution < -0.4 is 5.73 Å². The van der Waals surface area contributed by atoms with E-state index < -0.39 is 5.54 Å². The molecule has 2 aliphatic rings. The van der Waals surface area contributed by atoms with E-state index in [4.69, 9.17) is 10.5 Å². The fourth-order valence-corrected chi connectivity index (χ4v) is 4.59. The predicted octanol–water partition coefficient (Wildman–Crippen LogP) is 1.97. The summed E-state index contributed by atoms with van der Waals surface area (Å²) < 4.78 is 7.80. The van der Waals surface area contributed by atoms with Gasteiger partial charge >= 0.3 is 0 Å². The standard InChI is InChI=1S/C20H29N5O2/c1-4-27-15-12-20(21,19(15,2)3)18(26)24-10-7-8-14(13-24)17-23-22-16-9-5-6-11-25(16)17/h5-6,9,11,14-15H,4,7-8,10,12-13,21H2,1-3H3. The van der Waals surface area contributed by atoms with Gasteiger partial charge in [0.2, 0.25) is 5.91 Å². The molecule has 4 rings (SSSR count). The SMILES string of the molecule is CCOC1CC(N)(C(=O)N2CCCC(c3nnc4ccccn34)C2)C1(C)C. The number of carbonyl (C=O) groups is 1. The average Bonchev–Trinajstić information content (AvgIpc) is 3.11. The summed E-state index contributed by atoms with van der Waals surface area (Å²) in [6, 6.07) is 5.88. The molecule has 0 aromatic carbocycles. The van der Waals surface area contributed by atoms with E-state index in [-0.39, 0.29) is 23.3 Å². The maximum atomic E-state index is 13.3. The van der Waals surface area contributed by atoms with Gasteiger partial charge < -0.3 is 15.4 Å². The van der Waals surface area contributed by atoms with E-state index in [1.54, 1.807) is 0 Å². The van der Waals surface area contributed by atoms with E-state index in [1.165, 1.54) is 0 Å². The number of piperidine rings is 1. The number of hydrogen-bond donors (Lipinski definition) is 1. The highest BCUT2D eigenvalue weighted by Gasteiger charge is 2.63. The van der Waals surface area contributed by atoms with E-state index in [0.717, 1.165) is 30.9 Å². The molecular formula is C20H29N5O2. The van der Waals surface area contributed by atoms with Crippen molar-refractivity contribution in [1.29, 1.82) is 0 Å². The Morgan fingerprint density at radius 3 is 2.93 bits per heavy atom. The Kier molecular flexibility index (Phi) is 4.47. The molecule has 3 heterocycles. The van der Waals surface area contributed by atoms with Crippen LogP contribution >= 0.6 is 0 Å². The van der Waals surface area contributed by atoms with Crippen LogP contribution in [0.2, 0.25) is 0 Å². The first-order valence-corrected chi connectivity index (χ1v) is 9.88. The number of nitrogens with zero attached hydrogens (tertiary/aromatic N) is 4. The van der Waals surface area contributed by atoms with Crippen molar-refractivity contribution >= 4 is 11.6 Å². The molecule has 7 heteroatoms. The molecule has 3 atom stereocenters. The van der Waals surface area contributed by atoms with Gasteiger partial charge in [-0.05, 0) is 31.9 Å². The zero-order chi connectivity index (χ0) is 19.2. The topological polar surface area (TPSA) is 85.8 Å². The molecule has 1 aliphatic carbocycles. The Morgan fingerprint density at radius 1 is 1.37 bits per heavy atom. The fourth-order valence-electron chi connectivity index (χ4n) is 4.59. The molecule has 146 valence electrons. The van der Waals surface area contributed by atoms with Crippen LogP contribution in [-0.4, -0.2) is 56.7 Å². The second-order valence-electron chi connectivity index (χ2n) is 8.42. The maximum Gasteiger partial charge on any atom is 0.243 e. The molecule has 0 radical (unpaired) electrons. The van der Waals surface area contributed by atoms with Crippen molar-refractivity contribution in [2.45, 2.75) is 57.6 Å². The van der Waals surface area contributed by atoms with Crippen LogP contribution in [0.3, 0.4) is 0 Å². The molecule has 27 heavy (non-hydrogen) atoms. The first-order valence-electron chi connectivity index (χ1n) is 9.88. The van der Waals surface area contributed by atoms with Gasteiger partial charge in [-0.15, -0.1) is 10.2 Å². The molecule has 1 saturated heterocycles. The molecule has 2 aromatic heterocycles. The highest BCUT2D eigenvalue weighted by molar-refractivity contribution is 5.89. The van der Waals surface area contributed by atoms with Crippen molar-refractivity contribution < 1.29 is 9.53 Å². The number of rotatable bonds is 4. The third-order valence-electron chi connectivity index (χ3n) is 6.63. The molecule has 1 amide bonds. The Balaban J connectivity index is 1.53. The smallest absolute Gasteiger partial charge is 0.243 e. The molecule has 7 nitrogen and oxygen atoms in total. The molecule has 2 N–H and O–H groups in total. The number of pyridine rings is 1.